The minimum atomic E-state index is -0.471. The number of nitrogens with one attached hydrogen (secondary N) is 1. The lowest BCUT2D eigenvalue weighted by Crippen LogP contribution is -2.52. The molecule has 1 amide bonds. The van der Waals surface area contributed by atoms with Gasteiger partial charge in [-0.05, 0) is 37.5 Å². The third-order valence-electron chi connectivity index (χ3n) is 4.71. The Balaban J connectivity index is 2.06. The Hall–Kier alpha value is -2.08. The van der Waals surface area contributed by atoms with Gasteiger partial charge in [0.1, 0.15) is 11.3 Å². The van der Waals surface area contributed by atoms with Gasteiger partial charge in [-0.25, -0.2) is 4.79 Å². The maximum absolute atomic E-state index is 12.5. The predicted molar refractivity (Wildman–Crippen MR) is 90.7 cm³/mol. The van der Waals surface area contributed by atoms with Gasteiger partial charge < -0.3 is 20.5 Å². The summed E-state index contributed by atoms with van der Waals surface area (Å²) in [5.41, 5.74) is 6.96. The van der Waals surface area contributed by atoms with Crippen LogP contribution in [-0.4, -0.2) is 31.6 Å². The molecule has 0 bridgehead atoms. The van der Waals surface area contributed by atoms with E-state index in [4.69, 9.17) is 15.2 Å². The van der Waals surface area contributed by atoms with E-state index in [9.17, 15) is 9.59 Å². The van der Waals surface area contributed by atoms with Crippen LogP contribution in [-0.2, 0) is 16.1 Å². The van der Waals surface area contributed by atoms with Crippen LogP contribution in [0.2, 0.25) is 0 Å². The number of amides is 1. The summed E-state index contributed by atoms with van der Waals surface area (Å²) in [4.78, 5) is 24.3. The van der Waals surface area contributed by atoms with E-state index in [0.717, 1.165) is 31.2 Å². The van der Waals surface area contributed by atoms with Gasteiger partial charge in [0.2, 0.25) is 5.91 Å². The highest BCUT2D eigenvalue weighted by atomic mass is 16.5. The molecule has 1 aromatic rings. The summed E-state index contributed by atoms with van der Waals surface area (Å²) >= 11 is 0. The van der Waals surface area contributed by atoms with Crippen LogP contribution in [0.15, 0.2) is 18.2 Å². The molecule has 1 saturated carbocycles. The van der Waals surface area contributed by atoms with Crippen molar-refractivity contribution in [3.63, 3.8) is 0 Å². The number of ether oxygens (including phenoxy) is 2. The Labute approximate surface area is 142 Å². The van der Waals surface area contributed by atoms with Gasteiger partial charge in [0, 0.05) is 12.1 Å². The van der Waals surface area contributed by atoms with E-state index in [1.165, 1.54) is 14.2 Å². The normalized spacial score (nSPS) is 23.4. The fourth-order valence-electron chi connectivity index (χ4n) is 3.24. The fraction of sp³-hybridized carbons (Fsp3) is 0.556. The standard InChI is InChI=1S/C18H26N2O4/c1-18(19)9-5-4-6-14(18)16(21)20-11-12-7-8-15(23-2)13(10-12)17(22)24-3/h7-8,10,14H,4-6,9,11,19H2,1-3H3,(H,20,21). The predicted octanol–water partition coefficient (Wildman–Crippen LogP) is 2.01. The lowest BCUT2D eigenvalue weighted by molar-refractivity contribution is -0.128. The van der Waals surface area contributed by atoms with Crippen molar-refractivity contribution in [3.8, 4) is 5.75 Å². The van der Waals surface area contributed by atoms with Crippen molar-refractivity contribution in [3.05, 3.63) is 29.3 Å². The van der Waals surface area contributed by atoms with Crippen molar-refractivity contribution in [1.82, 2.24) is 5.32 Å². The number of hydrogen-bond acceptors (Lipinski definition) is 5. The molecule has 0 spiro atoms. The third kappa shape index (κ3) is 4.06. The molecule has 6 nitrogen and oxygen atoms in total. The highest BCUT2D eigenvalue weighted by molar-refractivity contribution is 5.92. The highest BCUT2D eigenvalue weighted by Crippen LogP contribution is 2.31. The molecule has 2 atom stereocenters. The molecule has 1 aliphatic rings. The van der Waals surface area contributed by atoms with Gasteiger partial charge in [0.15, 0.2) is 0 Å². The van der Waals surface area contributed by atoms with E-state index in [1.807, 2.05) is 13.0 Å². The van der Waals surface area contributed by atoms with E-state index in [-0.39, 0.29) is 11.8 Å². The second kappa shape index (κ2) is 7.66. The molecular weight excluding hydrogens is 308 g/mol. The van der Waals surface area contributed by atoms with Gasteiger partial charge in [-0.3, -0.25) is 4.79 Å². The van der Waals surface area contributed by atoms with Crippen molar-refractivity contribution in [2.75, 3.05) is 14.2 Å². The van der Waals surface area contributed by atoms with Crippen molar-refractivity contribution >= 4 is 11.9 Å². The van der Waals surface area contributed by atoms with Gasteiger partial charge in [0.05, 0.1) is 20.1 Å². The number of benzene rings is 1. The molecule has 0 radical (unpaired) electrons. The summed E-state index contributed by atoms with van der Waals surface area (Å²) in [6, 6.07) is 5.18. The van der Waals surface area contributed by atoms with Crippen LogP contribution in [0.25, 0.3) is 0 Å². The first kappa shape index (κ1) is 18.3. The first-order valence-corrected chi connectivity index (χ1v) is 8.21. The van der Waals surface area contributed by atoms with Crippen molar-refractivity contribution in [2.45, 2.75) is 44.7 Å². The Morgan fingerprint density at radius 1 is 1.33 bits per heavy atom. The lowest BCUT2D eigenvalue weighted by Gasteiger charge is -2.37. The van der Waals surface area contributed by atoms with Gasteiger partial charge in [0.25, 0.3) is 0 Å². The number of methoxy groups -OCH3 is 2. The Kier molecular flexibility index (Phi) is 5.83. The first-order chi connectivity index (χ1) is 11.4. The van der Waals surface area contributed by atoms with E-state index in [0.29, 0.717) is 17.9 Å². The van der Waals surface area contributed by atoms with Gasteiger partial charge in [-0.1, -0.05) is 18.9 Å². The number of rotatable bonds is 5. The molecule has 6 heteroatoms. The fourth-order valence-corrected chi connectivity index (χ4v) is 3.24. The Morgan fingerprint density at radius 2 is 2.08 bits per heavy atom. The second-order valence-corrected chi connectivity index (χ2v) is 6.55. The molecule has 2 unspecified atom stereocenters. The number of carbonyl (C=O) groups is 2. The quantitative estimate of drug-likeness (QED) is 0.804. The smallest absolute Gasteiger partial charge is 0.341 e. The van der Waals surface area contributed by atoms with Crippen LogP contribution in [0.5, 0.6) is 5.75 Å². The Morgan fingerprint density at radius 3 is 2.71 bits per heavy atom. The third-order valence-corrected chi connectivity index (χ3v) is 4.71. The molecule has 24 heavy (non-hydrogen) atoms. The van der Waals surface area contributed by atoms with E-state index in [2.05, 4.69) is 5.32 Å². The second-order valence-electron chi connectivity index (χ2n) is 6.55. The highest BCUT2D eigenvalue weighted by Gasteiger charge is 2.37. The van der Waals surface area contributed by atoms with Crippen LogP contribution in [0.4, 0.5) is 0 Å². The van der Waals surface area contributed by atoms with E-state index >= 15 is 0 Å². The zero-order valence-corrected chi connectivity index (χ0v) is 14.6. The average molecular weight is 334 g/mol. The summed E-state index contributed by atoms with van der Waals surface area (Å²) < 4.78 is 9.93. The molecule has 3 N–H and O–H groups in total. The molecule has 1 aromatic carbocycles. The summed E-state index contributed by atoms with van der Waals surface area (Å²) in [6.07, 6.45) is 3.77. The minimum Gasteiger partial charge on any atom is -0.496 e. The maximum atomic E-state index is 12.5. The summed E-state index contributed by atoms with van der Waals surface area (Å²) in [5, 5.41) is 2.93. The van der Waals surface area contributed by atoms with Crippen LogP contribution < -0.4 is 15.8 Å². The topological polar surface area (TPSA) is 90.7 Å². The average Bonchev–Trinajstić information content (AvgIpc) is 2.58. The van der Waals surface area contributed by atoms with Crippen LogP contribution in [0.1, 0.15) is 48.5 Å². The van der Waals surface area contributed by atoms with Crippen LogP contribution in [0, 0.1) is 5.92 Å². The zero-order valence-electron chi connectivity index (χ0n) is 14.6. The molecular formula is C18H26N2O4. The molecule has 1 aliphatic carbocycles. The van der Waals surface area contributed by atoms with E-state index in [1.54, 1.807) is 12.1 Å². The van der Waals surface area contributed by atoms with Crippen molar-refractivity contribution in [1.29, 1.82) is 0 Å². The van der Waals surface area contributed by atoms with Crippen molar-refractivity contribution in [2.24, 2.45) is 11.7 Å². The summed E-state index contributed by atoms with van der Waals surface area (Å²) in [5.74, 6) is -0.236. The number of carbonyl (C=O) groups excluding carboxylic acids is 2. The monoisotopic (exact) mass is 334 g/mol. The Bertz CT molecular complexity index is 613. The molecule has 0 aliphatic heterocycles. The SMILES string of the molecule is COC(=O)c1cc(CNC(=O)C2CCCCC2(C)N)ccc1OC. The number of esters is 1. The molecule has 1 fully saturated rings. The van der Waals surface area contributed by atoms with Gasteiger partial charge >= 0.3 is 5.97 Å². The summed E-state index contributed by atoms with van der Waals surface area (Å²) in [7, 11) is 2.82. The molecule has 2 rings (SSSR count). The largest absolute Gasteiger partial charge is 0.496 e. The van der Waals surface area contributed by atoms with Gasteiger partial charge in [-0.15, -0.1) is 0 Å². The number of hydrogen-bond donors (Lipinski definition) is 2. The maximum Gasteiger partial charge on any atom is 0.341 e. The minimum absolute atomic E-state index is 0.0323. The van der Waals surface area contributed by atoms with E-state index < -0.39 is 11.5 Å². The first-order valence-electron chi connectivity index (χ1n) is 8.21. The molecule has 0 saturated heterocycles. The summed E-state index contributed by atoms with van der Waals surface area (Å²) in [6.45, 7) is 2.28. The number of nitrogens with two attached hydrogens (primary N) is 1. The molecule has 0 heterocycles. The zero-order chi connectivity index (χ0) is 17.7. The van der Waals surface area contributed by atoms with Crippen LogP contribution >= 0.6 is 0 Å². The van der Waals surface area contributed by atoms with Gasteiger partial charge in [-0.2, -0.15) is 0 Å². The lowest BCUT2D eigenvalue weighted by atomic mass is 9.74. The molecule has 0 aromatic heterocycles. The van der Waals surface area contributed by atoms with Crippen LogP contribution in [0.3, 0.4) is 0 Å². The van der Waals surface area contributed by atoms with Crippen molar-refractivity contribution < 1.29 is 19.1 Å². The molecule has 132 valence electrons.